The van der Waals surface area contributed by atoms with Crippen molar-refractivity contribution in [3.05, 3.63) is 29.3 Å². The Morgan fingerprint density at radius 2 is 1.74 bits per heavy atom. The van der Waals surface area contributed by atoms with Gasteiger partial charge in [0.2, 0.25) is 11.8 Å². The molecule has 10 nitrogen and oxygen atoms in total. The molecular formula is C31H42FN5O5. The van der Waals surface area contributed by atoms with Crippen molar-refractivity contribution in [2.75, 3.05) is 50.7 Å². The van der Waals surface area contributed by atoms with Crippen LogP contribution in [0.15, 0.2) is 18.2 Å². The minimum absolute atomic E-state index is 0.00134. The van der Waals surface area contributed by atoms with Gasteiger partial charge in [0.25, 0.3) is 5.91 Å². The molecule has 6 rings (SSSR count). The van der Waals surface area contributed by atoms with Crippen molar-refractivity contribution in [1.82, 2.24) is 20.0 Å². The summed E-state index contributed by atoms with van der Waals surface area (Å²) < 4.78 is 21.3. The molecule has 4 amide bonds. The monoisotopic (exact) mass is 583 g/mol. The molecular weight excluding hydrogens is 541 g/mol. The van der Waals surface area contributed by atoms with Crippen molar-refractivity contribution >= 4 is 29.5 Å². The van der Waals surface area contributed by atoms with Gasteiger partial charge in [0.15, 0.2) is 0 Å². The maximum absolute atomic E-state index is 15.8. The number of carbonyl (C=O) groups is 4. The molecule has 0 unspecified atom stereocenters. The summed E-state index contributed by atoms with van der Waals surface area (Å²) in [5, 5.41) is 2.34. The predicted octanol–water partition coefficient (Wildman–Crippen LogP) is 3.09. The summed E-state index contributed by atoms with van der Waals surface area (Å²) >= 11 is 0. The van der Waals surface area contributed by atoms with E-state index in [1.807, 2.05) is 39.0 Å². The molecule has 1 saturated carbocycles. The van der Waals surface area contributed by atoms with Gasteiger partial charge in [0.05, 0.1) is 0 Å². The number of imide groups is 1. The molecule has 42 heavy (non-hydrogen) atoms. The van der Waals surface area contributed by atoms with E-state index in [0.29, 0.717) is 51.0 Å². The van der Waals surface area contributed by atoms with Crippen molar-refractivity contribution in [2.45, 2.75) is 83.2 Å². The van der Waals surface area contributed by atoms with Crippen LogP contribution in [0.2, 0.25) is 0 Å². The second kappa shape index (κ2) is 10.5. The first-order chi connectivity index (χ1) is 19.8. The van der Waals surface area contributed by atoms with E-state index in [1.54, 1.807) is 9.80 Å². The standard InChI is InChI=1S/C31H42FN5O5/c1-29(2,3)42-28(41)36-10-8-30(9-11-36)18-31(32,19-30)20-34-12-14-35(15-13-34)22-4-5-23-21(16-22)17-37(27(23)40)24-6-7-25(38)33-26(24)39/h4-5,16,24H,6-15,17-20H2,1-3H3,(H,33,38,39)/t24-/m0/s1. The molecule has 1 atom stereocenters. The Morgan fingerprint density at radius 1 is 1.05 bits per heavy atom. The van der Waals surface area contributed by atoms with Gasteiger partial charge >= 0.3 is 6.09 Å². The zero-order valence-electron chi connectivity index (χ0n) is 24.9. The number of rotatable bonds is 4. The maximum atomic E-state index is 15.8. The summed E-state index contributed by atoms with van der Waals surface area (Å²) in [6.45, 7) is 10.7. The molecule has 4 heterocycles. The number of fused-ring (bicyclic) bond motifs is 1. The van der Waals surface area contributed by atoms with Crippen molar-refractivity contribution in [2.24, 2.45) is 5.41 Å². The van der Waals surface area contributed by atoms with Crippen molar-refractivity contribution in [3.63, 3.8) is 0 Å². The summed E-state index contributed by atoms with van der Waals surface area (Å²) in [4.78, 5) is 57.1. The van der Waals surface area contributed by atoms with Crippen LogP contribution in [0.5, 0.6) is 0 Å². The molecule has 0 aromatic heterocycles. The Morgan fingerprint density at radius 3 is 2.38 bits per heavy atom. The van der Waals surface area contributed by atoms with Gasteiger partial charge in [0.1, 0.15) is 17.3 Å². The van der Waals surface area contributed by atoms with E-state index in [-0.39, 0.29) is 29.7 Å². The molecule has 11 heteroatoms. The van der Waals surface area contributed by atoms with Gasteiger partial charge in [-0.2, -0.15) is 0 Å². The van der Waals surface area contributed by atoms with E-state index >= 15 is 4.39 Å². The fraction of sp³-hybridized carbons (Fsp3) is 0.677. The molecule has 1 N–H and O–H groups in total. The lowest BCUT2D eigenvalue weighted by atomic mass is 9.56. The third kappa shape index (κ3) is 5.72. The molecule has 1 aliphatic carbocycles. The summed E-state index contributed by atoms with van der Waals surface area (Å²) in [7, 11) is 0. The highest BCUT2D eigenvalue weighted by atomic mass is 19.1. The van der Waals surface area contributed by atoms with Crippen molar-refractivity contribution < 1.29 is 28.3 Å². The maximum Gasteiger partial charge on any atom is 0.410 e. The largest absolute Gasteiger partial charge is 0.444 e. The second-order valence-corrected chi connectivity index (χ2v) is 14.0. The first-order valence-electron chi connectivity index (χ1n) is 15.2. The van der Waals surface area contributed by atoms with E-state index in [1.165, 1.54) is 0 Å². The third-order valence-corrected chi connectivity index (χ3v) is 9.61. The average Bonchev–Trinajstić information content (AvgIpc) is 3.23. The Kier molecular flexibility index (Phi) is 7.22. The number of likely N-dealkylation sites (tertiary alicyclic amines) is 1. The van der Waals surface area contributed by atoms with Gasteiger partial charge in [-0.1, -0.05) is 0 Å². The van der Waals surface area contributed by atoms with Gasteiger partial charge in [0, 0.05) is 70.0 Å². The van der Waals surface area contributed by atoms with Crippen LogP contribution in [0, 0.1) is 5.41 Å². The predicted molar refractivity (Wildman–Crippen MR) is 154 cm³/mol. The number of carbonyl (C=O) groups excluding carboxylic acids is 4. The molecule has 4 aliphatic heterocycles. The third-order valence-electron chi connectivity index (χ3n) is 9.61. The Balaban J connectivity index is 0.976. The minimum atomic E-state index is -1.18. The number of nitrogens with zero attached hydrogens (tertiary/aromatic N) is 4. The number of amides is 4. The van der Waals surface area contributed by atoms with Crippen molar-refractivity contribution in [1.29, 1.82) is 0 Å². The Labute approximate surface area is 246 Å². The average molecular weight is 584 g/mol. The lowest BCUT2D eigenvalue weighted by Gasteiger charge is -2.56. The molecule has 1 aromatic carbocycles. The van der Waals surface area contributed by atoms with Gasteiger partial charge in [-0.15, -0.1) is 0 Å². The van der Waals surface area contributed by atoms with Crippen LogP contribution >= 0.6 is 0 Å². The number of benzene rings is 1. The van der Waals surface area contributed by atoms with Gasteiger partial charge in [-0.3, -0.25) is 24.6 Å². The summed E-state index contributed by atoms with van der Waals surface area (Å²) in [5.41, 5.74) is 0.837. The fourth-order valence-corrected chi connectivity index (χ4v) is 7.57. The molecule has 0 radical (unpaired) electrons. The molecule has 0 bridgehead atoms. The number of piperazine rings is 1. The Bertz CT molecular complexity index is 1270. The summed E-state index contributed by atoms with van der Waals surface area (Å²) in [6.07, 6.45) is 3.08. The molecule has 5 aliphatic rings. The quantitative estimate of drug-likeness (QED) is 0.544. The second-order valence-electron chi connectivity index (χ2n) is 14.0. The Hall–Kier alpha value is -3.21. The van der Waals surface area contributed by atoms with E-state index in [0.717, 1.165) is 50.3 Å². The number of nitrogens with one attached hydrogen (secondary N) is 1. The number of halogens is 1. The molecule has 4 fully saturated rings. The highest BCUT2D eigenvalue weighted by Gasteiger charge is 2.56. The fourth-order valence-electron chi connectivity index (χ4n) is 7.57. The minimum Gasteiger partial charge on any atom is -0.444 e. The number of hydrogen-bond donors (Lipinski definition) is 1. The number of ether oxygens (including phenoxy) is 1. The van der Waals surface area contributed by atoms with Crippen LogP contribution in [0.4, 0.5) is 14.9 Å². The smallest absolute Gasteiger partial charge is 0.410 e. The number of piperidine rings is 2. The van der Waals surface area contributed by atoms with E-state index in [2.05, 4.69) is 15.1 Å². The van der Waals surface area contributed by atoms with Gasteiger partial charge in [-0.05, 0) is 82.1 Å². The van der Waals surface area contributed by atoms with Crippen molar-refractivity contribution in [3.8, 4) is 0 Å². The van der Waals surface area contributed by atoms with E-state index in [4.69, 9.17) is 4.74 Å². The first kappa shape index (κ1) is 28.9. The number of hydrogen-bond acceptors (Lipinski definition) is 7. The highest BCUT2D eigenvalue weighted by Crippen LogP contribution is 2.57. The number of anilines is 1. The normalized spacial score (nSPS) is 25.8. The molecule has 3 saturated heterocycles. The van der Waals surface area contributed by atoms with Gasteiger partial charge in [-0.25, -0.2) is 9.18 Å². The lowest BCUT2D eigenvalue weighted by Crippen LogP contribution is -2.60. The molecule has 1 spiro atoms. The summed E-state index contributed by atoms with van der Waals surface area (Å²) in [6, 6.07) is 5.20. The zero-order chi connectivity index (χ0) is 29.9. The van der Waals surface area contributed by atoms with Crippen LogP contribution in [-0.4, -0.2) is 102 Å². The first-order valence-corrected chi connectivity index (χ1v) is 15.2. The van der Waals surface area contributed by atoms with Crippen LogP contribution in [0.3, 0.4) is 0 Å². The van der Waals surface area contributed by atoms with Crippen LogP contribution in [0.25, 0.3) is 0 Å². The SMILES string of the molecule is CC(C)(C)OC(=O)N1CCC2(CC1)CC(F)(CN1CCN(c3ccc4c(c3)CN([C@H]3CCC(=O)NC3=O)C4=O)CC1)C2. The van der Waals surface area contributed by atoms with E-state index in [9.17, 15) is 19.2 Å². The topological polar surface area (TPSA) is 102 Å². The number of alkyl halides is 1. The zero-order valence-corrected chi connectivity index (χ0v) is 24.9. The highest BCUT2D eigenvalue weighted by molar-refractivity contribution is 6.05. The molecule has 228 valence electrons. The van der Waals surface area contributed by atoms with E-state index < -0.39 is 23.2 Å². The van der Waals surface area contributed by atoms with Gasteiger partial charge < -0.3 is 19.4 Å². The summed E-state index contributed by atoms with van der Waals surface area (Å²) in [5.74, 6) is -0.867. The van der Waals surface area contributed by atoms with Crippen LogP contribution in [-0.2, 0) is 20.9 Å². The molecule has 1 aromatic rings. The van der Waals surface area contributed by atoms with Crippen LogP contribution < -0.4 is 10.2 Å². The van der Waals surface area contributed by atoms with Crippen LogP contribution in [0.1, 0.15) is 75.2 Å². The lowest BCUT2D eigenvalue weighted by molar-refractivity contribution is -0.136.